The van der Waals surface area contributed by atoms with Crippen LogP contribution in [0.3, 0.4) is 0 Å². The first-order valence-electron chi connectivity index (χ1n) is 5.80. The molecule has 2 rings (SSSR count). The number of hydrogen-bond donors (Lipinski definition) is 0. The topological polar surface area (TPSA) is 57.9 Å². The second-order valence-corrected chi connectivity index (χ2v) is 6.76. The Kier molecular flexibility index (Phi) is 2.96. The van der Waals surface area contributed by atoms with Gasteiger partial charge in [-0.15, -0.1) is 0 Å². The van der Waals surface area contributed by atoms with Crippen LogP contribution in [0.4, 0.5) is 0 Å². The smallest absolute Gasteiger partial charge is 0.197 e. The Hall–Kier alpha value is -1.34. The molecule has 1 saturated carbocycles. The second-order valence-electron chi connectivity index (χ2n) is 4.50. The normalized spacial score (nSPS) is 17.4. The van der Waals surface area contributed by atoms with Crippen LogP contribution in [-0.4, -0.2) is 13.2 Å². The molecule has 1 fully saturated rings. The summed E-state index contributed by atoms with van der Waals surface area (Å²) in [6.07, 6.45) is 2.91. The Bertz CT molecular complexity index is 548. The van der Waals surface area contributed by atoms with Crippen molar-refractivity contribution in [2.45, 2.75) is 42.2 Å². The highest BCUT2D eigenvalue weighted by Gasteiger charge is 2.55. The summed E-state index contributed by atoms with van der Waals surface area (Å²) >= 11 is 0. The van der Waals surface area contributed by atoms with Crippen molar-refractivity contribution in [1.82, 2.24) is 0 Å². The molecule has 90 valence electrons. The minimum atomic E-state index is -3.47. The predicted molar refractivity (Wildman–Crippen MR) is 65.2 cm³/mol. The van der Waals surface area contributed by atoms with Gasteiger partial charge in [0.1, 0.15) is 0 Å². The van der Waals surface area contributed by atoms with Gasteiger partial charge in [-0.05, 0) is 37.0 Å². The van der Waals surface area contributed by atoms with Crippen molar-refractivity contribution in [1.29, 1.82) is 5.26 Å². The molecule has 1 aliphatic rings. The lowest BCUT2D eigenvalue weighted by atomic mass is 10.1. The summed E-state index contributed by atoms with van der Waals surface area (Å²) in [5, 5.41) is 8.96. The van der Waals surface area contributed by atoms with Gasteiger partial charge in [-0.3, -0.25) is 0 Å². The van der Waals surface area contributed by atoms with Gasteiger partial charge >= 0.3 is 0 Å². The molecule has 0 unspecified atom stereocenters. The molecular formula is C13H15NO2S. The molecule has 4 heteroatoms. The van der Waals surface area contributed by atoms with Crippen LogP contribution in [0.15, 0.2) is 29.2 Å². The van der Waals surface area contributed by atoms with Gasteiger partial charge in [-0.1, -0.05) is 25.5 Å². The quantitative estimate of drug-likeness (QED) is 0.823. The minimum Gasteiger partial charge on any atom is -0.222 e. The third-order valence-electron chi connectivity index (χ3n) is 3.19. The van der Waals surface area contributed by atoms with E-state index in [-0.39, 0.29) is 4.90 Å². The van der Waals surface area contributed by atoms with Crippen molar-refractivity contribution < 1.29 is 8.42 Å². The van der Waals surface area contributed by atoms with E-state index in [1.54, 1.807) is 12.1 Å². The van der Waals surface area contributed by atoms with E-state index in [9.17, 15) is 8.42 Å². The average Bonchev–Trinajstić information content (AvgIpc) is 3.11. The number of nitrogens with zero attached hydrogens (tertiary/aromatic N) is 1. The molecule has 1 aromatic rings. The van der Waals surface area contributed by atoms with Gasteiger partial charge < -0.3 is 0 Å². The Morgan fingerprint density at radius 3 is 2.29 bits per heavy atom. The van der Waals surface area contributed by atoms with Crippen molar-refractivity contribution in [3.63, 3.8) is 0 Å². The summed E-state index contributed by atoms with van der Waals surface area (Å²) in [5.41, 5.74) is 1.13. The standard InChI is InChI=1S/C13H15NO2S/c1-2-3-11-4-6-12(7-5-11)17(15,16)13(10-14)8-9-13/h4-7H,2-3,8-9H2,1H3. The van der Waals surface area contributed by atoms with Gasteiger partial charge in [0.05, 0.1) is 11.0 Å². The maximum atomic E-state index is 12.2. The maximum Gasteiger partial charge on any atom is 0.197 e. The molecule has 1 aliphatic carbocycles. The number of hydrogen-bond acceptors (Lipinski definition) is 3. The number of nitriles is 1. The van der Waals surface area contributed by atoms with Crippen molar-refractivity contribution in [2.75, 3.05) is 0 Å². The maximum absolute atomic E-state index is 12.2. The molecule has 0 radical (unpaired) electrons. The van der Waals surface area contributed by atoms with Crippen LogP contribution in [0.25, 0.3) is 0 Å². The fraction of sp³-hybridized carbons (Fsp3) is 0.462. The Morgan fingerprint density at radius 1 is 1.29 bits per heavy atom. The molecule has 1 aromatic carbocycles. The van der Waals surface area contributed by atoms with Crippen molar-refractivity contribution in [2.24, 2.45) is 0 Å². The second kappa shape index (κ2) is 4.15. The zero-order valence-corrected chi connectivity index (χ0v) is 10.6. The van der Waals surface area contributed by atoms with Gasteiger partial charge in [-0.25, -0.2) is 8.42 Å². The summed E-state index contributed by atoms with van der Waals surface area (Å²) in [7, 11) is -3.47. The number of aryl methyl sites for hydroxylation is 1. The van der Waals surface area contributed by atoms with E-state index in [1.165, 1.54) is 0 Å². The van der Waals surface area contributed by atoms with E-state index >= 15 is 0 Å². The fourth-order valence-corrected chi connectivity index (χ4v) is 3.61. The lowest BCUT2D eigenvalue weighted by Gasteiger charge is -2.09. The number of benzene rings is 1. The van der Waals surface area contributed by atoms with E-state index in [0.717, 1.165) is 18.4 Å². The van der Waals surface area contributed by atoms with E-state index in [0.29, 0.717) is 12.8 Å². The third-order valence-corrected chi connectivity index (χ3v) is 5.62. The first-order valence-corrected chi connectivity index (χ1v) is 7.29. The summed E-state index contributed by atoms with van der Waals surface area (Å²) in [6.45, 7) is 2.08. The van der Waals surface area contributed by atoms with Crippen LogP contribution >= 0.6 is 0 Å². The number of rotatable bonds is 4. The monoisotopic (exact) mass is 249 g/mol. The molecule has 0 spiro atoms. The summed E-state index contributed by atoms with van der Waals surface area (Å²) in [5.74, 6) is 0. The van der Waals surface area contributed by atoms with Gasteiger partial charge in [0.15, 0.2) is 14.6 Å². The van der Waals surface area contributed by atoms with Gasteiger partial charge in [0.25, 0.3) is 0 Å². The van der Waals surface area contributed by atoms with Crippen molar-refractivity contribution in [3.05, 3.63) is 29.8 Å². The molecule has 0 heterocycles. The average molecular weight is 249 g/mol. The Labute approximate surface area is 102 Å². The molecule has 0 aliphatic heterocycles. The summed E-state index contributed by atoms with van der Waals surface area (Å²) < 4.78 is 23.2. The first kappa shape index (κ1) is 12.1. The largest absolute Gasteiger partial charge is 0.222 e. The van der Waals surface area contributed by atoms with E-state index in [2.05, 4.69) is 6.92 Å². The lowest BCUT2D eigenvalue weighted by Crippen LogP contribution is -2.21. The zero-order chi connectivity index (χ0) is 12.5. The third kappa shape index (κ3) is 1.96. The van der Waals surface area contributed by atoms with Crippen LogP contribution in [0.1, 0.15) is 31.7 Å². The molecule has 0 amide bonds. The van der Waals surface area contributed by atoms with E-state index in [1.807, 2.05) is 18.2 Å². The summed E-state index contributed by atoms with van der Waals surface area (Å²) in [4.78, 5) is 0.274. The van der Waals surface area contributed by atoms with Gasteiger partial charge in [0.2, 0.25) is 0 Å². The first-order chi connectivity index (χ1) is 8.05. The van der Waals surface area contributed by atoms with Crippen LogP contribution in [-0.2, 0) is 16.3 Å². The molecule has 0 N–H and O–H groups in total. The molecule has 0 saturated heterocycles. The highest BCUT2D eigenvalue weighted by molar-refractivity contribution is 7.93. The molecular weight excluding hydrogens is 234 g/mol. The number of sulfone groups is 1. The van der Waals surface area contributed by atoms with Crippen LogP contribution in [0.5, 0.6) is 0 Å². The Morgan fingerprint density at radius 2 is 1.88 bits per heavy atom. The lowest BCUT2D eigenvalue weighted by molar-refractivity contribution is 0.588. The molecule has 0 bridgehead atoms. The summed E-state index contributed by atoms with van der Waals surface area (Å²) in [6, 6.07) is 8.86. The minimum absolute atomic E-state index is 0.274. The SMILES string of the molecule is CCCc1ccc(S(=O)(=O)C2(C#N)CC2)cc1. The van der Waals surface area contributed by atoms with E-state index < -0.39 is 14.6 Å². The highest BCUT2D eigenvalue weighted by atomic mass is 32.2. The Balaban J connectivity index is 2.33. The van der Waals surface area contributed by atoms with Crippen LogP contribution in [0, 0.1) is 11.3 Å². The van der Waals surface area contributed by atoms with Gasteiger partial charge in [-0.2, -0.15) is 5.26 Å². The van der Waals surface area contributed by atoms with Crippen molar-refractivity contribution in [3.8, 4) is 6.07 Å². The van der Waals surface area contributed by atoms with Crippen LogP contribution < -0.4 is 0 Å². The highest BCUT2D eigenvalue weighted by Crippen LogP contribution is 2.46. The molecule has 0 aromatic heterocycles. The van der Waals surface area contributed by atoms with Crippen molar-refractivity contribution >= 4 is 9.84 Å². The molecule has 17 heavy (non-hydrogen) atoms. The van der Waals surface area contributed by atoms with Gasteiger partial charge in [0, 0.05) is 0 Å². The van der Waals surface area contributed by atoms with E-state index in [4.69, 9.17) is 5.26 Å². The predicted octanol–water partition coefficient (Wildman–Crippen LogP) is 2.47. The molecule has 3 nitrogen and oxygen atoms in total. The zero-order valence-electron chi connectivity index (χ0n) is 9.81. The van der Waals surface area contributed by atoms with Crippen LogP contribution in [0.2, 0.25) is 0 Å². The fourth-order valence-electron chi connectivity index (χ4n) is 1.90. The molecule has 0 atom stereocenters.